The predicted molar refractivity (Wildman–Crippen MR) is 53.7 cm³/mol. The summed E-state index contributed by atoms with van der Waals surface area (Å²) in [4.78, 5) is 15.0. The Morgan fingerprint density at radius 2 is 2.40 bits per heavy atom. The van der Waals surface area contributed by atoms with Crippen molar-refractivity contribution in [3.8, 4) is 6.07 Å². The van der Waals surface area contributed by atoms with Crippen LogP contribution in [0.4, 0.5) is 5.69 Å². The quantitative estimate of drug-likeness (QED) is 0.731. The molecule has 0 unspecified atom stereocenters. The zero-order chi connectivity index (χ0) is 11.3. The van der Waals surface area contributed by atoms with E-state index in [-0.39, 0.29) is 23.6 Å². The molecule has 0 bridgehead atoms. The van der Waals surface area contributed by atoms with Gasteiger partial charge in [-0.05, 0) is 6.92 Å². The van der Waals surface area contributed by atoms with Gasteiger partial charge < -0.3 is 10.5 Å². The highest BCUT2D eigenvalue weighted by Gasteiger charge is 2.11. The van der Waals surface area contributed by atoms with Crippen LogP contribution in [-0.4, -0.2) is 17.6 Å². The number of nitrogens with two attached hydrogens (primary N) is 1. The molecule has 5 nitrogen and oxygen atoms in total. The Bertz CT molecular complexity index is 410. The van der Waals surface area contributed by atoms with Crippen molar-refractivity contribution in [1.29, 1.82) is 5.26 Å². The third-order valence-electron chi connectivity index (χ3n) is 1.81. The first-order chi connectivity index (χ1) is 7.19. The van der Waals surface area contributed by atoms with Crippen LogP contribution in [0.3, 0.4) is 0 Å². The summed E-state index contributed by atoms with van der Waals surface area (Å²) >= 11 is 0. The molecular weight excluding hydrogens is 194 g/mol. The van der Waals surface area contributed by atoms with Gasteiger partial charge in [-0.25, -0.2) is 0 Å². The van der Waals surface area contributed by atoms with Crippen LogP contribution in [0, 0.1) is 11.3 Å². The van der Waals surface area contributed by atoms with E-state index in [1.807, 2.05) is 6.07 Å². The van der Waals surface area contributed by atoms with E-state index >= 15 is 0 Å². The Balaban J connectivity index is 2.91. The van der Waals surface area contributed by atoms with Crippen molar-refractivity contribution < 1.29 is 9.53 Å². The molecule has 0 aliphatic rings. The maximum Gasteiger partial charge on any atom is 0.310 e. The van der Waals surface area contributed by atoms with Gasteiger partial charge in [0.25, 0.3) is 0 Å². The van der Waals surface area contributed by atoms with E-state index < -0.39 is 0 Å². The zero-order valence-electron chi connectivity index (χ0n) is 8.36. The fourth-order valence-electron chi connectivity index (χ4n) is 1.16. The van der Waals surface area contributed by atoms with Crippen LogP contribution in [-0.2, 0) is 16.0 Å². The molecule has 0 radical (unpaired) electrons. The number of pyridine rings is 1. The van der Waals surface area contributed by atoms with E-state index in [1.54, 1.807) is 6.92 Å². The summed E-state index contributed by atoms with van der Waals surface area (Å²) in [6.45, 7) is 2.04. The van der Waals surface area contributed by atoms with Crippen molar-refractivity contribution in [3.05, 3.63) is 23.5 Å². The normalized spacial score (nSPS) is 9.33. The van der Waals surface area contributed by atoms with Crippen molar-refractivity contribution in [2.24, 2.45) is 0 Å². The number of rotatable bonds is 3. The fourth-order valence-corrected chi connectivity index (χ4v) is 1.16. The van der Waals surface area contributed by atoms with Crippen molar-refractivity contribution in [2.45, 2.75) is 13.3 Å². The monoisotopic (exact) mass is 205 g/mol. The highest BCUT2D eigenvalue weighted by atomic mass is 16.5. The number of aromatic nitrogens is 1. The summed E-state index contributed by atoms with van der Waals surface area (Å²) in [6, 6.07) is 1.94. The lowest BCUT2D eigenvalue weighted by Crippen LogP contribution is -2.10. The van der Waals surface area contributed by atoms with Gasteiger partial charge in [-0.1, -0.05) is 0 Å². The first-order valence-electron chi connectivity index (χ1n) is 4.47. The minimum Gasteiger partial charge on any atom is -0.466 e. The number of hydrogen-bond acceptors (Lipinski definition) is 5. The molecule has 1 heterocycles. The summed E-state index contributed by atoms with van der Waals surface area (Å²) in [5.74, 6) is -0.388. The molecular formula is C10H11N3O2. The van der Waals surface area contributed by atoms with Crippen LogP contribution in [0.5, 0.6) is 0 Å². The Morgan fingerprint density at radius 3 is 3.00 bits per heavy atom. The van der Waals surface area contributed by atoms with Crippen LogP contribution in [0.1, 0.15) is 18.1 Å². The topological polar surface area (TPSA) is 89.0 Å². The molecule has 0 saturated heterocycles. The summed E-state index contributed by atoms with van der Waals surface area (Å²) in [5.41, 5.74) is 6.61. The van der Waals surface area contributed by atoms with E-state index in [1.165, 1.54) is 12.4 Å². The van der Waals surface area contributed by atoms with Gasteiger partial charge in [-0.3, -0.25) is 9.78 Å². The number of hydrogen-bond donors (Lipinski definition) is 1. The van der Waals surface area contributed by atoms with Crippen molar-refractivity contribution in [2.75, 3.05) is 12.3 Å². The Kier molecular flexibility index (Phi) is 3.63. The first-order valence-corrected chi connectivity index (χ1v) is 4.47. The van der Waals surface area contributed by atoms with E-state index in [0.717, 1.165) is 0 Å². The number of nitriles is 1. The largest absolute Gasteiger partial charge is 0.466 e. The zero-order valence-corrected chi connectivity index (χ0v) is 8.36. The highest BCUT2D eigenvalue weighted by molar-refractivity contribution is 5.74. The van der Waals surface area contributed by atoms with Gasteiger partial charge in [-0.15, -0.1) is 0 Å². The molecule has 0 amide bonds. The number of nitrogen functional groups attached to an aromatic ring is 1. The predicted octanol–water partition coefficient (Wildman–Crippen LogP) is 0.641. The number of carbonyl (C=O) groups excluding carboxylic acids is 1. The Hall–Kier alpha value is -2.09. The van der Waals surface area contributed by atoms with Gasteiger partial charge in [0, 0.05) is 11.8 Å². The molecule has 0 spiro atoms. The van der Waals surface area contributed by atoms with Crippen LogP contribution >= 0.6 is 0 Å². The Morgan fingerprint density at radius 1 is 1.67 bits per heavy atom. The number of anilines is 1. The molecule has 0 saturated carbocycles. The molecule has 0 aromatic carbocycles. The maximum absolute atomic E-state index is 11.2. The standard InChI is InChI=1S/C10H11N3O2/c1-2-15-10(14)3-7-5-13-6-9(12)8(7)4-11/h5-6H,2-3,12H2,1H3. The van der Waals surface area contributed by atoms with Gasteiger partial charge in [0.05, 0.1) is 30.5 Å². The fraction of sp³-hybridized carbons (Fsp3) is 0.300. The minimum atomic E-state index is -0.388. The van der Waals surface area contributed by atoms with Crippen molar-refractivity contribution >= 4 is 11.7 Å². The molecule has 0 aliphatic heterocycles. The molecule has 0 fully saturated rings. The van der Waals surface area contributed by atoms with Gasteiger partial charge >= 0.3 is 5.97 Å². The van der Waals surface area contributed by atoms with Crippen LogP contribution in [0.15, 0.2) is 12.4 Å². The van der Waals surface area contributed by atoms with Crippen LogP contribution in [0.25, 0.3) is 0 Å². The second-order valence-electron chi connectivity index (χ2n) is 2.86. The highest BCUT2D eigenvalue weighted by Crippen LogP contribution is 2.14. The smallest absolute Gasteiger partial charge is 0.310 e. The molecule has 2 N–H and O–H groups in total. The lowest BCUT2D eigenvalue weighted by Gasteiger charge is -2.04. The number of carbonyl (C=O) groups is 1. The van der Waals surface area contributed by atoms with Gasteiger partial charge in [-0.2, -0.15) is 5.26 Å². The average molecular weight is 205 g/mol. The SMILES string of the molecule is CCOC(=O)Cc1cncc(N)c1C#N. The van der Waals surface area contributed by atoms with E-state index in [4.69, 9.17) is 15.7 Å². The summed E-state index contributed by atoms with van der Waals surface area (Å²) in [7, 11) is 0. The van der Waals surface area contributed by atoms with Crippen LogP contribution < -0.4 is 5.73 Å². The lowest BCUT2D eigenvalue weighted by atomic mass is 10.1. The summed E-state index contributed by atoms with van der Waals surface area (Å²) < 4.78 is 4.77. The van der Waals surface area contributed by atoms with Crippen LogP contribution in [0.2, 0.25) is 0 Å². The van der Waals surface area contributed by atoms with E-state index in [0.29, 0.717) is 12.2 Å². The molecule has 1 aromatic heterocycles. The minimum absolute atomic E-state index is 0.0226. The third-order valence-corrected chi connectivity index (χ3v) is 1.81. The van der Waals surface area contributed by atoms with E-state index in [9.17, 15) is 4.79 Å². The van der Waals surface area contributed by atoms with Gasteiger partial charge in [0.1, 0.15) is 6.07 Å². The molecule has 0 aliphatic carbocycles. The third kappa shape index (κ3) is 2.68. The number of esters is 1. The van der Waals surface area contributed by atoms with Crippen molar-refractivity contribution in [3.63, 3.8) is 0 Å². The molecule has 1 rings (SSSR count). The molecule has 15 heavy (non-hydrogen) atoms. The maximum atomic E-state index is 11.2. The molecule has 78 valence electrons. The second kappa shape index (κ2) is 4.96. The summed E-state index contributed by atoms with van der Waals surface area (Å²) in [6.07, 6.45) is 2.85. The first kappa shape index (κ1) is 11.0. The average Bonchev–Trinajstić information content (AvgIpc) is 2.18. The Labute approximate surface area is 87.5 Å². The van der Waals surface area contributed by atoms with E-state index in [2.05, 4.69) is 4.98 Å². The molecule has 5 heteroatoms. The van der Waals surface area contributed by atoms with Gasteiger partial charge in [0.2, 0.25) is 0 Å². The second-order valence-corrected chi connectivity index (χ2v) is 2.86. The lowest BCUT2D eigenvalue weighted by molar-refractivity contribution is -0.142. The molecule has 0 atom stereocenters. The number of nitrogens with zero attached hydrogens (tertiary/aromatic N) is 2. The molecule has 1 aromatic rings. The summed E-state index contributed by atoms with van der Waals surface area (Å²) in [5, 5.41) is 8.83. The van der Waals surface area contributed by atoms with Crippen molar-refractivity contribution in [1.82, 2.24) is 4.98 Å². The van der Waals surface area contributed by atoms with Gasteiger partial charge in [0.15, 0.2) is 0 Å². The number of ether oxygens (including phenoxy) is 1.